The number of piperazine rings is 1. The lowest BCUT2D eigenvalue weighted by molar-refractivity contribution is -0.148. The summed E-state index contributed by atoms with van der Waals surface area (Å²) in [5, 5.41) is 2.82. The Balaban J connectivity index is 2.72. The maximum absolute atomic E-state index is 12.2. The zero-order chi connectivity index (χ0) is 13.0. The molecular formula is C12H22N2O2S. The van der Waals surface area contributed by atoms with Crippen molar-refractivity contribution in [1.82, 2.24) is 10.2 Å². The zero-order valence-electron chi connectivity index (χ0n) is 11.0. The van der Waals surface area contributed by atoms with Gasteiger partial charge in [-0.25, -0.2) is 0 Å². The molecule has 1 heterocycles. The molecule has 1 rings (SSSR count). The van der Waals surface area contributed by atoms with Crippen molar-refractivity contribution in [3.63, 3.8) is 0 Å². The first-order chi connectivity index (χ1) is 7.97. The molecular weight excluding hydrogens is 236 g/mol. The molecule has 1 aliphatic heterocycles. The highest BCUT2D eigenvalue weighted by Gasteiger charge is 2.37. The topological polar surface area (TPSA) is 49.4 Å². The third kappa shape index (κ3) is 3.63. The summed E-state index contributed by atoms with van der Waals surface area (Å²) in [7, 11) is 0. The van der Waals surface area contributed by atoms with Gasteiger partial charge in [-0.15, -0.1) is 0 Å². The average molecular weight is 258 g/mol. The van der Waals surface area contributed by atoms with E-state index >= 15 is 0 Å². The lowest BCUT2D eigenvalue weighted by atomic mass is 9.99. The molecule has 1 aliphatic rings. The van der Waals surface area contributed by atoms with E-state index in [0.717, 1.165) is 5.75 Å². The molecule has 2 unspecified atom stereocenters. The highest BCUT2D eigenvalue weighted by Crippen LogP contribution is 2.15. The SMILES string of the molecule is CSCCN1C(=O)C(CC(C)C)NC(=O)C1C. The van der Waals surface area contributed by atoms with Crippen LogP contribution in [-0.4, -0.2) is 47.4 Å². The molecule has 0 bridgehead atoms. The molecule has 0 aromatic rings. The van der Waals surface area contributed by atoms with Gasteiger partial charge in [0, 0.05) is 12.3 Å². The molecule has 0 aliphatic carbocycles. The first-order valence-corrected chi connectivity index (χ1v) is 7.46. The number of amides is 2. The van der Waals surface area contributed by atoms with E-state index in [1.54, 1.807) is 23.6 Å². The summed E-state index contributed by atoms with van der Waals surface area (Å²) in [5.74, 6) is 1.31. The van der Waals surface area contributed by atoms with Crippen LogP contribution in [0.4, 0.5) is 0 Å². The van der Waals surface area contributed by atoms with Crippen LogP contribution >= 0.6 is 11.8 Å². The lowest BCUT2D eigenvalue weighted by Gasteiger charge is -2.37. The zero-order valence-corrected chi connectivity index (χ0v) is 11.8. The van der Waals surface area contributed by atoms with E-state index in [4.69, 9.17) is 0 Å². The Morgan fingerprint density at radius 3 is 2.59 bits per heavy atom. The number of hydrogen-bond donors (Lipinski definition) is 1. The highest BCUT2D eigenvalue weighted by molar-refractivity contribution is 7.98. The van der Waals surface area contributed by atoms with E-state index in [1.807, 2.05) is 6.26 Å². The van der Waals surface area contributed by atoms with Gasteiger partial charge in [0.05, 0.1) is 0 Å². The summed E-state index contributed by atoms with van der Waals surface area (Å²) >= 11 is 1.69. The lowest BCUT2D eigenvalue weighted by Crippen LogP contribution is -2.62. The standard InChI is InChI=1S/C12H22N2O2S/c1-8(2)7-10-12(16)14(5-6-17-4)9(3)11(15)13-10/h8-10H,5-7H2,1-4H3,(H,13,15). The van der Waals surface area contributed by atoms with Gasteiger partial charge in [0.2, 0.25) is 11.8 Å². The minimum Gasteiger partial charge on any atom is -0.343 e. The summed E-state index contributed by atoms with van der Waals surface area (Å²) in [6.07, 6.45) is 2.72. The maximum Gasteiger partial charge on any atom is 0.245 e. The van der Waals surface area contributed by atoms with Crippen LogP contribution in [0.2, 0.25) is 0 Å². The van der Waals surface area contributed by atoms with Crippen LogP contribution in [0.5, 0.6) is 0 Å². The molecule has 1 fully saturated rings. The van der Waals surface area contributed by atoms with Crippen LogP contribution in [0, 0.1) is 5.92 Å². The molecule has 17 heavy (non-hydrogen) atoms. The predicted octanol–water partition coefficient (Wildman–Crippen LogP) is 1.11. The molecule has 0 aromatic heterocycles. The van der Waals surface area contributed by atoms with Crippen LogP contribution in [0.1, 0.15) is 27.2 Å². The van der Waals surface area contributed by atoms with E-state index in [1.165, 1.54) is 0 Å². The molecule has 1 N–H and O–H groups in total. The fourth-order valence-electron chi connectivity index (χ4n) is 2.01. The first-order valence-electron chi connectivity index (χ1n) is 6.07. The van der Waals surface area contributed by atoms with Crippen molar-refractivity contribution in [3.05, 3.63) is 0 Å². The van der Waals surface area contributed by atoms with Gasteiger partial charge in [-0.2, -0.15) is 11.8 Å². The number of thioether (sulfide) groups is 1. The Kier molecular flexibility index (Phi) is 5.31. The average Bonchev–Trinajstić information content (AvgIpc) is 2.25. The van der Waals surface area contributed by atoms with E-state index in [0.29, 0.717) is 18.9 Å². The normalized spacial score (nSPS) is 25.4. The molecule has 5 heteroatoms. The molecule has 1 saturated heterocycles. The Morgan fingerprint density at radius 1 is 1.41 bits per heavy atom. The quantitative estimate of drug-likeness (QED) is 0.803. The van der Waals surface area contributed by atoms with Gasteiger partial charge >= 0.3 is 0 Å². The summed E-state index contributed by atoms with van der Waals surface area (Å²) in [4.78, 5) is 25.7. The fraction of sp³-hybridized carbons (Fsp3) is 0.833. The number of nitrogens with one attached hydrogen (secondary N) is 1. The van der Waals surface area contributed by atoms with Crippen LogP contribution in [0.3, 0.4) is 0 Å². The smallest absolute Gasteiger partial charge is 0.245 e. The number of nitrogens with zero attached hydrogens (tertiary/aromatic N) is 1. The van der Waals surface area contributed by atoms with Crippen molar-refractivity contribution in [2.75, 3.05) is 18.6 Å². The van der Waals surface area contributed by atoms with Gasteiger partial charge in [0.1, 0.15) is 12.1 Å². The summed E-state index contributed by atoms with van der Waals surface area (Å²) in [6, 6.07) is -0.668. The molecule has 4 nitrogen and oxygen atoms in total. The second-order valence-electron chi connectivity index (χ2n) is 4.89. The fourth-order valence-corrected chi connectivity index (χ4v) is 2.39. The summed E-state index contributed by atoms with van der Waals surface area (Å²) < 4.78 is 0. The minimum absolute atomic E-state index is 0.0312. The number of hydrogen-bond acceptors (Lipinski definition) is 3. The van der Waals surface area contributed by atoms with Crippen molar-refractivity contribution in [2.24, 2.45) is 5.92 Å². The number of rotatable bonds is 5. The second kappa shape index (κ2) is 6.28. The summed E-state index contributed by atoms with van der Waals surface area (Å²) in [6.45, 7) is 6.57. The van der Waals surface area contributed by atoms with Crippen molar-refractivity contribution < 1.29 is 9.59 Å². The molecule has 0 saturated carbocycles. The van der Waals surface area contributed by atoms with Gasteiger partial charge in [-0.05, 0) is 25.5 Å². The monoisotopic (exact) mass is 258 g/mol. The van der Waals surface area contributed by atoms with Gasteiger partial charge < -0.3 is 10.2 Å². The molecule has 0 spiro atoms. The third-order valence-corrected chi connectivity index (χ3v) is 3.58. The van der Waals surface area contributed by atoms with Gasteiger partial charge in [-0.1, -0.05) is 13.8 Å². The third-order valence-electron chi connectivity index (χ3n) is 2.99. The molecule has 98 valence electrons. The summed E-state index contributed by atoms with van der Waals surface area (Å²) in [5.41, 5.74) is 0. The Labute approximate surface area is 108 Å². The number of carbonyl (C=O) groups excluding carboxylic acids is 2. The molecule has 2 atom stereocenters. The molecule has 2 amide bonds. The van der Waals surface area contributed by atoms with Crippen molar-refractivity contribution in [1.29, 1.82) is 0 Å². The van der Waals surface area contributed by atoms with E-state index in [9.17, 15) is 9.59 Å². The van der Waals surface area contributed by atoms with Crippen LogP contribution in [0.15, 0.2) is 0 Å². The molecule has 0 radical (unpaired) electrons. The van der Waals surface area contributed by atoms with E-state index in [-0.39, 0.29) is 23.9 Å². The van der Waals surface area contributed by atoms with Crippen LogP contribution in [0.25, 0.3) is 0 Å². The maximum atomic E-state index is 12.2. The van der Waals surface area contributed by atoms with Crippen molar-refractivity contribution in [3.8, 4) is 0 Å². The Bertz CT molecular complexity index is 294. The Morgan fingerprint density at radius 2 is 2.06 bits per heavy atom. The predicted molar refractivity (Wildman–Crippen MR) is 70.9 cm³/mol. The van der Waals surface area contributed by atoms with Gasteiger partial charge in [-0.3, -0.25) is 9.59 Å². The van der Waals surface area contributed by atoms with Crippen molar-refractivity contribution in [2.45, 2.75) is 39.3 Å². The van der Waals surface area contributed by atoms with Crippen LogP contribution in [-0.2, 0) is 9.59 Å². The molecule has 0 aromatic carbocycles. The highest BCUT2D eigenvalue weighted by atomic mass is 32.2. The largest absolute Gasteiger partial charge is 0.343 e. The van der Waals surface area contributed by atoms with Crippen LogP contribution < -0.4 is 5.32 Å². The minimum atomic E-state index is -0.335. The van der Waals surface area contributed by atoms with Crippen molar-refractivity contribution >= 4 is 23.6 Å². The number of carbonyl (C=O) groups is 2. The first kappa shape index (κ1) is 14.4. The van der Waals surface area contributed by atoms with Gasteiger partial charge in [0.25, 0.3) is 0 Å². The Hall–Kier alpha value is -0.710. The van der Waals surface area contributed by atoms with E-state index in [2.05, 4.69) is 19.2 Å². The second-order valence-corrected chi connectivity index (χ2v) is 5.88. The van der Waals surface area contributed by atoms with Gasteiger partial charge in [0.15, 0.2) is 0 Å². The van der Waals surface area contributed by atoms with E-state index < -0.39 is 0 Å².